The Morgan fingerprint density at radius 3 is 2.64 bits per heavy atom. The standard InChI is InChI=1S/C10H20N2OS/c1-3-8(2)10(13)12-7-5-4-6-9(11)14/h8H,3-7H2,1-2H3,(H2,11,14)(H,12,13). The molecule has 0 aromatic heterocycles. The number of unbranched alkanes of at least 4 members (excludes halogenated alkanes) is 1. The fraction of sp³-hybridized carbons (Fsp3) is 0.800. The van der Waals surface area contributed by atoms with Crippen molar-refractivity contribution in [3.8, 4) is 0 Å². The summed E-state index contributed by atoms with van der Waals surface area (Å²) in [7, 11) is 0. The molecule has 3 nitrogen and oxygen atoms in total. The van der Waals surface area contributed by atoms with Crippen molar-refractivity contribution in [1.29, 1.82) is 0 Å². The Kier molecular flexibility index (Phi) is 7.38. The zero-order valence-corrected chi connectivity index (χ0v) is 9.82. The third-order valence-corrected chi connectivity index (χ3v) is 2.41. The van der Waals surface area contributed by atoms with E-state index in [0.29, 0.717) is 4.99 Å². The van der Waals surface area contributed by atoms with E-state index in [2.05, 4.69) is 5.32 Å². The molecular weight excluding hydrogens is 196 g/mol. The van der Waals surface area contributed by atoms with Gasteiger partial charge in [0.15, 0.2) is 0 Å². The van der Waals surface area contributed by atoms with Gasteiger partial charge in [0.05, 0.1) is 4.99 Å². The molecule has 0 aliphatic carbocycles. The number of rotatable bonds is 7. The van der Waals surface area contributed by atoms with Gasteiger partial charge >= 0.3 is 0 Å². The molecule has 0 bridgehead atoms. The summed E-state index contributed by atoms with van der Waals surface area (Å²) in [5.41, 5.74) is 5.35. The summed E-state index contributed by atoms with van der Waals surface area (Å²) in [5.74, 6) is 0.258. The van der Waals surface area contributed by atoms with Crippen LogP contribution in [0.5, 0.6) is 0 Å². The van der Waals surface area contributed by atoms with Crippen molar-refractivity contribution in [2.45, 2.75) is 39.5 Å². The number of nitrogens with one attached hydrogen (secondary N) is 1. The third-order valence-electron chi connectivity index (χ3n) is 2.21. The molecule has 1 atom stereocenters. The number of hydrogen-bond donors (Lipinski definition) is 2. The summed E-state index contributed by atoms with van der Waals surface area (Å²) < 4.78 is 0. The maximum atomic E-state index is 11.3. The van der Waals surface area contributed by atoms with Crippen molar-refractivity contribution in [3.63, 3.8) is 0 Å². The van der Waals surface area contributed by atoms with E-state index in [9.17, 15) is 4.79 Å². The number of carbonyl (C=O) groups is 1. The lowest BCUT2D eigenvalue weighted by atomic mass is 10.1. The number of nitrogens with two attached hydrogens (primary N) is 1. The molecule has 4 heteroatoms. The number of amides is 1. The molecule has 1 amide bonds. The van der Waals surface area contributed by atoms with E-state index in [1.807, 2.05) is 13.8 Å². The molecule has 82 valence electrons. The minimum Gasteiger partial charge on any atom is -0.393 e. The second-order valence-corrected chi connectivity index (χ2v) is 4.05. The number of carbonyl (C=O) groups excluding carboxylic acids is 1. The zero-order chi connectivity index (χ0) is 11.0. The smallest absolute Gasteiger partial charge is 0.222 e. The van der Waals surface area contributed by atoms with E-state index >= 15 is 0 Å². The monoisotopic (exact) mass is 216 g/mol. The molecule has 14 heavy (non-hydrogen) atoms. The Hall–Kier alpha value is -0.640. The molecule has 0 spiro atoms. The van der Waals surface area contributed by atoms with E-state index in [-0.39, 0.29) is 11.8 Å². The van der Waals surface area contributed by atoms with E-state index in [1.165, 1.54) is 0 Å². The van der Waals surface area contributed by atoms with E-state index in [0.717, 1.165) is 32.2 Å². The summed E-state index contributed by atoms with van der Waals surface area (Å²) in [6, 6.07) is 0. The zero-order valence-electron chi connectivity index (χ0n) is 9.01. The topological polar surface area (TPSA) is 55.1 Å². The normalized spacial score (nSPS) is 12.1. The van der Waals surface area contributed by atoms with Crippen molar-refractivity contribution in [3.05, 3.63) is 0 Å². The first-order chi connectivity index (χ1) is 6.57. The maximum Gasteiger partial charge on any atom is 0.222 e. The highest BCUT2D eigenvalue weighted by atomic mass is 32.1. The second-order valence-electron chi connectivity index (χ2n) is 3.52. The second kappa shape index (κ2) is 7.74. The van der Waals surface area contributed by atoms with Crippen LogP contribution in [0.4, 0.5) is 0 Å². The van der Waals surface area contributed by atoms with Crippen LogP contribution in [0.25, 0.3) is 0 Å². The lowest BCUT2D eigenvalue weighted by Gasteiger charge is -2.09. The van der Waals surface area contributed by atoms with Crippen molar-refractivity contribution < 1.29 is 4.79 Å². The van der Waals surface area contributed by atoms with Crippen molar-refractivity contribution >= 4 is 23.1 Å². The van der Waals surface area contributed by atoms with Crippen LogP contribution in [0.3, 0.4) is 0 Å². The summed E-state index contributed by atoms with van der Waals surface area (Å²) in [6.07, 6.45) is 3.56. The lowest BCUT2D eigenvalue weighted by molar-refractivity contribution is -0.124. The molecule has 1 unspecified atom stereocenters. The van der Waals surface area contributed by atoms with E-state index < -0.39 is 0 Å². The Labute approximate surface area is 91.4 Å². The molecule has 0 saturated heterocycles. The molecule has 0 aliphatic rings. The van der Waals surface area contributed by atoms with Crippen LogP contribution in [-0.2, 0) is 4.79 Å². The van der Waals surface area contributed by atoms with E-state index in [4.69, 9.17) is 18.0 Å². The van der Waals surface area contributed by atoms with Crippen LogP contribution < -0.4 is 11.1 Å². The Bertz CT molecular complexity index is 195. The Morgan fingerprint density at radius 2 is 2.14 bits per heavy atom. The SMILES string of the molecule is CCC(C)C(=O)NCCCCC(N)=S. The van der Waals surface area contributed by atoms with Crippen LogP contribution in [0.2, 0.25) is 0 Å². The summed E-state index contributed by atoms with van der Waals surface area (Å²) >= 11 is 4.75. The van der Waals surface area contributed by atoms with E-state index in [1.54, 1.807) is 0 Å². The molecule has 0 saturated carbocycles. The van der Waals surface area contributed by atoms with Gasteiger partial charge in [-0.25, -0.2) is 0 Å². The molecule has 0 aliphatic heterocycles. The quantitative estimate of drug-likeness (QED) is 0.502. The number of hydrogen-bond acceptors (Lipinski definition) is 2. The van der Waals surface area contributed by atoms with Gasteiger partial charge in [-0.05, 0) is 25.7 Å². The number of thiocarbonyl (C=S) groups is 1. The van der Waals surface area contributed by atoms with Gasteiger partial charge in [0.2, 0.25) is 5.91 Å². The van der Waals surface area contributed by atoms with Crippen LogP contribution in [0.1, 0.15) is 39.5 Å². The molecular formula is C10H20N2OS. The van der Waals surface area contributed by atoms with Gasteiger partial charge in [-0.15, -0.1) is 0 Å². The fourth-order valence-electron chi connectivity index (χ4n) is 0.995. The molecule has 0 aromatic carbocycles. The maximum absolute atomic E-state index is 11.3. The summed E-state index contributed by atoms with van der Waals surface area (Å²) in [5, 5.41) is 2.88. The lowest BCUT2D eigenvalue weighted by Crippen LogP contribution is -2.29. The first-order valence-electron chi connectivity index (χ1n) is 5.14. The van der Waals surface area contributed by atoms with Crippen LogP contribution in [0.15, 0.2) is 0 Å². The molecule has 0 fully saturated rings. The van der Waals surface area contributed by atoms with Gasteiger partial charge < -0.3 is 11.1 Å². The minimum atomic E-state index is 0.116. The summed E-state index contributed by atoms with van der Waals surface area (Å²) in [6.45, 7) is 4.67. The highest BCUT2D eigenvalue weighted by molar-refractivity contribution is 7.80. The average Bonchev–Trinajstić information content (AvgIpc) is 2.15. The molecule has 0 rings (SSSR count). The Morgan fingerprint density at radius 1 is 1.50 bits per heavy atom. The highest BCUT2D eigenvalue weighted by Gasteiger charge is 2.08. The first-order valence-corrected chi connectivity index (χ1v) is 5.54. The van der Waals surface area contributed by atoms with Crippen LogP contribution >= 0.6 is 12.2 Å². The van der Waals surface area contributed by atoms with Gasteiger partial charge in [0, 0.05) is 12.5 Å². The highest BCUT2D eigenvalue weighted by Crippen LogP contribution is 2.00. The first kappa shape index (κ1) is 13.4. The third kappa shape index (κ3) is 6.83. The summed E-state index contributed by atoms with van der Waals surface area (Å²) in [4.78, 5) is 11.9. The average molecular weight is 216 g/mol. The molecule has 0 aromatic rings. The van der Waals surface area contributed by atoms with Gasteiger partial charge in [-0.1, -0.05) is 26.1 Å². The fourth-order valence-corrected chi connectivity index (χ4v) is 1.14. The van der Waals surface area contributed by atoms with Gasteiger partial charge in [0.1, 0.15) is 0 Å². The Balaban J connectivity index is 3.36. The molecule has 0 heterocycles. The van der Waals surface area contributed by atoms with Gasteiger partial charge in [-0.2, -0.15) is 0 Å². The predicted molar refractivity (Wildman–Crippen MR) is 63.1 cm³/mol. The van der Waals surface area contributed by atoms with Crippen molar-refractivity contribution in [2.24, 2.45) is 11.7 Å². The largest absolute Gasteiger partial charge is 0.393 e. The molecule has 3 N–H and O–H groups in total. The molecule has 0 radical (unpaired) electrons. The van der Waals surface area contributed by atoms with Gasteiger partial charge in [-0.3, -0.25) is 4.79 Å². The minimum absolute atomic E-state index is 0.116. The van der Waals surface area contributed by atoms with Crippen molar-refractivity contribution in [2.75, 3.05) is 6.54 Å². The van der Waals surface area contributed by atoms with Gasteiger partial charge in [0.25, 0.3) is 0 Å². The predicted octanol–water partition coefficient (Wildman–Crippen LogP) is 1.61. The van der Waals surface area contributed by atoms with Crippen LogP contribution in [0, 0.1) is 5.92 Å². The van der Waals surface area contributed by atoms with Crippen molar-refractivity contribution in [1.82, 2.24) is 5.32 Å². The van der Waals surface area contributed by atoms with Crippen LogP contribution in [-0.4, -0.2) is 17.4 Å².